The van der Waals surface area contributed by atoms with Crippen molar-refractivity contribution in [3.05, 3.63) is 0 Å². The number of hydrogen-bond acceptors (Lipinski definition) is 3. The van der Waals surface area contributed by atoms with E-state index < -0.39 is 0 Å². The number of nitrogens with zero attached hydrogens (tertiary/aromatic N) is 1. The first kappa shape index (κ1) is 16.9. The molecule has 0 aromatic heterocycles. The van der Waals surface area contributed by atoms with E-state index in [-0.39, 0.29) is 0 Å². The molecule has 114 valence electrons. The quantitative estimate of drug-likeness (QED) is 0.686. The molecule has 1 heterocycles. The van der Waals surface area contributed by atoms with Crippen LogP contribution in [0.15, 0.2) is 0 Å². The van der Waals surface area contributed by atoms with Gasteiger partial charge in [0.2, 0.25) is 0 Å². The molecule has 1 aliphatic heterocycles. The molecule has 0 radical (unpaired) electrons. The minimum Gasteiger partial charge on any atom is -0.380 e. The third-order valence-corrected chi connectivity index (χ3v) is 4.53. The van der Waals surface area contributed by atoms with Crippen LogP contribution in [0.3, 0.4) is 0 Å². The molecule has 0 saturated carbocycles. The fourth-order valence-electron chi connectivity index (χ4n) is 2.93. The van der Waals surface area contributed by atoms with Crippen LogP contribution >= 0.6 is 0 Å². The van der Waals surface area contributed by atoms with Crippen molar-refractivity contribution in [2.75, 3.05) is 32.8 Å². The third kappa shape index (κ3) is 5.05. The van der Waals surface area contributed by atoms with Crippen LogP contribution in [0.25, 0.3) is 0 Å². The fourth-order valence-corrected chi connectivity index (χ4v) is 2.93. The van der Waals surface area contributed by atoms with Crippen LogP contribution in [0.4, 0.5) is 0 Å². The van der Waals surface area contributed by atoms with E-state index in [4.69, 9.17) is 4.74 Å². The highest BCUT2D eigenvalue weighted by Crippen LogP contribution is 2.23. The molecular formula is C16H34N2O. The van der Waals surface area contributed by atoms with Crippen molar-refractivity contribution in [3.63, 3.8) is 0 Å². The monoisotopic (exact) mass is 270 g/mol. The molecular weight excluding hydrogens is 236 g/mol. The van der Waals surface area contributed by atoms with Crippen molar-refractivity contribution in [3.8, 4) is 0 Å². The average molecular weight is 270 g/mol. The van der Waals surface area contributed by atoms with Gasteiger partial charge in [0.05, 0.1) is 6.61 Å². The number of ether oxygens (including phenoxy) is 1. The first-order valence-electron chi connectivity index (χ1n) is 8.13. The predicted molar refractivity (Wildman–Crippen MR) is 82.6 cm³/mol. The minimum absolute atomic E-state index is 0.323. The summed E-state index contributed by atoms with van der Waals surface area (Å²) in [6.07, 6.45) is 3.65. The van der Waals surface area contributed by atoms with E-state index in [2.05, 4.69) is 44.8 Å². The van der Waals surface area contributed by atoms with Gasteiger partial charge in [-0.3, -0.25) is 4.90 Å². The summed E-state index contributed by atoms with van der Waals surface area (Å²) in [5, 5.41) is 3.79. The van der Waals surface area contributed by atoms with Crippen LogP contribution < -0.4 is 5.32 Å². The zero-order chi connectivity index (χ0) is 14.3. The summed E-state index contributed by atoms with van der Waals surface area (Å²) in [5.41, 5.74) is 0.323. The standard InChI is InChI=1S/C16H34N2O/c1-6-15-11-17-16(7-2,8-3)13-18(15)9-10-19-12-14(4)5/h14-15,17H,6-13H2,1-5H3. The number of nitrogens with one attached hydrogen (secondary N) is 1. The Morgan fingerprint density at radius 3 is 2.47 bits per heavy atom. The van der Waals surface area contributed by atoms with E-state index in [1.807, 2.05) is 0 Å². The van der Waals surface area contributed by atoms with Crippen molar-refractivity contribution in [1.82, 2.24) is 10.2 Å². The van der Waals surface area contributed by atoms with E-state index in [1.54, 1.807) is 0 Å². The predicted octanol–water partition coefficient (Wildman–Crippen LogP) is 2.90. The van der Waals surface area contributed by atoms with Crippen molar-refractivity contribution in [2.24, 2.45) is 5.92 Å². The Morgan fingerprint density at radius 2 is 1.95 bits per heavy atom. The summed E-state index contributed by atoms with van der Waals surface area (Å²) in [6.45, 7) is 16.4. The SMILES string of the molecule is CCC1CNC(CC)(CC)CN1CCOCC(C)C. The molecule has 1 fully saturated rings. The summed E-state index contributed by atoms with van der Waals surface area (Å²) in [4.78, 5) is 2.64. The van der Waals surface area contributed by atoms with E-state index in [9.17, 15) is 0 Å². The van der Waals surface area contributed by atoms with Crippen LogP contribution in [0.5, 0.6) is 0 Å². The molecule has 3 heteroatoms. The lowest BCUT2D eigenvalue weighted by molar-refractivity contribution is 0.0302. The van der Waals surface area contributed by atoms with Crippen molar-refractivity contribution in [1.29, 1.82) is 0 Å². The fraction of sp³-hybridized carbons (Fsp3) is 1.00. The van der Waals surface area contributed by atoms with Gasteiger partial charge in [-0.15, -0.1) is 0 Å². The summed E-state index contributed by atoms with van der Waals surface area (Å²) in [6, 6.07) is 0.675. The second-order valence-electron chi connectivity index (χ2n) is 6.37. The van der Waals surface area contributed by atoms with Crippen LogP contribution in [0, 0.1) is 5.92 Å². The third-order valence-electron chi connectivity index (χ3n) is 4.53. The molecule has 0 bridgehead atoms. The second-order valence-corrected chi connectivity index (χ2v) is 6.37. The van der Waals surface area contributed by atoms with Crippen molar-refractivity contribution in [2.45, 2.75) is 65.5 Å². The summed E-state index contributed by atoms with van der Waals surface area (Å²) >= 11 is 0. The van der Waals surface area contributed by atoms with Crippen molar-refractivity contribution >= 4 is 0 Å². The van der Waals surface area contributed by atoms with Crippen LogP contribution in [0.2, 0.25) is 0 Å². The summed E-state index contributed by atoms with van der Waals surface area (Å²) in [7, 11) is 0. The number of rotatable bonds is 8. The Balaban J connectivity index is 2.46. The van der Waals surface area contributed by atoms with Gasteiger partial charge < -0.3 is 10.1 Å². The highest BCUT2D eigenvalue weighted by molar-refractivity contribution is 4.96. The van der Waals surface area contributed by atoms with Gasteiger partial charge in [0.15, 0.2) is 0 Å². The zero-order valence-corrected chi connectivity index (χ0v) is 13.7. The molecule has 1 atom stereocenters. The van der Waals surface area contributed by atoms with Gasteiger partial charge in [0.25, 0.3) is 0 Å². The molecule has 0 amide bonds. The van der Waals surface area contributed by atoms with E-state index >= 15 is 0 Å². The number of hydrogen-bond donors (Lipinski definition) is 1. The van der Waals surface area contributed by atoms with Crippen molar-refractivity contribution < 1.29 is 4.74 Å². The first-order valence-corrected chi connectivity index (χ1v) is 8.13. The second kappa shape index (κ2) is 8.23. The highest BCUT2D eigenvalue weighted by atomic mass is 16.5. The smallest absolute Gasteiger partial charge is 0.0593 e. The molecule has 1 unspecified atom stereocenters. The number of piperazine rings is 1. The summed E-state index contributed by atoms with van der Waals surface area (Å²) < 4.78 is 5.76. The normalized spacial score (nSPS) is 24.0. The van der Waals surface area contributed by atoms with Gasteiger partial charge in [0.1, 0.15) is 0 Å². The Kier molecular flexibility index (Phi) is 7.33. The maximum Gasteiger partial charge on any atom is 0.0593 e. The Labute approximate surface area is 120 Å². The molecule has 1 N–H and O–H groups in total. The van der Waals surface area contributed by atoms with Crippen LogP contribution in [-0.4, -0.2) is 49.3 Å². The Bertz CT molecular complexity index is 239. The molecule has 0 aromatic carbocycles. The first-order chi connectivity index (χ1) is 9.06. The molecule has 0 spiro atoms. The van der Waals surface area contributed by atoms with Crippen LogP contribution in [0.1, 0.15) is 53.9 Å². The maximum atomic E-state index is 5.76. The van der Waals surface area contributed by atoms with Gasteiger partial charge in [-0.2, -0.15) is 0 Å². The maximum absolute atomic E-state index is 5.76. The van der Waals surface area contributed by atoms with E-state index in [0.717, 1.165) is 26.3 Å². The lowest BCUT2D eigenvalue weighted by Gasteiger charge is -2.47. The van der Waals surface area contributed by atoms with E-state index in [1.165, 1.54) is 25.8 Å². The Morgan fingerprint density at radius 1 is 1.26 bits per heavy atom. The molecule has 1 saturated heterocycles. The molecule has 19 heavy (non-hydrogen) atoms. The largest absolute Gasteiger partial charge is 0.380 e. The summed E-state index contributed by atoms with van der Waals surface area (Å²) in [5.74, 6) is 0.635. The van der Waals surface area contributed by atoms with Gasteiger partial charge in [-0.25, -0.2) is 0 Å². The van der Waals surface area contributed by atoms with Gasteiger partial charge in [0, 0.05) is 37.8 Å². The van der Waals surface area contributed by atoms with Gasteiger partial charge in [-0.1, -0.05) is 34.6 Å². The average Bonchev–Trinajstić information content (AvgIpc) is 2.43. The van der Waals surface area contributed by atoms with Gasteiger partial charge in [-0.05, 0) is 25.2 Å². The molecule has 0 aliphatic carbocycles. The highest BCUT2D eigenvalue weighted by Gasteiger charge is 2.35. The lowest BCUT2D eigenvalue weighted by atomic mass is 9.88. The van der Waals surface area contributed by atoms with Crippen LogP contribution in [-0.2, 0) is 4.74 Å². The zero-order valence-electron chi connectivity index (χ0n) is 13.7. The molecule has 1 rings (SSSR count). The minimum atomic E-state index is 0.323. The molecule has 3 nitrogen and oxygen atoms in total. The molecule has 0 aromatic rings. The topological polar surface area (TPSA) is 24.5 Å². The van der Waals surface area contributed by atoms with E-state index in [0.29, 0.717) is 17.5 Å². The Hall–Kier alpha value is -0.120. The van der Waals surface area contributed by atoms with Gasteiger partial charge >= 0.3 is 0 Å². The lowest BCUT2D eigenvalue weighted by Crippen LogP contribution is -2.64. The molecule has 1 aliphatic rings.